The second-order valence-corrected chi connectivity index (χ2v) is 6.82. The van der Waals surface area contributed by atoms with Gasteiger partial charge in [-0.25, -0.2) is 4.39 Å². The highest BCUT2D eigenvalue weighted by molar-refractivity contribution is 6.31. The molecule has 1 aliphatic rings. The van der Waals surface area contributed by atoms with Gasteiger partial charge in [0.2, 0.25) is 0 Å². The topological polar surface area (TPSA) is 38.0 Å². The lowest BCUT2D eigenvalue weighted by Gasteiger charge is -2.24. The molecule has 0 aliphatic heterocycles. The van der Waals surface area contributed by atoms with Gasteiger partial charge in [-0.05, 0) is 37.8 Å². The molecule has 1 fully saturated rings. The minimum Gasteiger partial charge on any atom is -0.382 e. The summed E-state index contributed by atoms with van der Waals surface area (Å²) < 4.78 is 15.0. The lowest BCUT2D eigenvalue weighted by atomic mass is 9.82. The van der Waals surface area contributed by atoms with E-state index < -0.39 is 11.9 Å². The summed E-state index contributed by atoms with van der Waals surface area (Å²) >= 11 is 6.14. The first kappa shape index (κ1) is 16.5. The quantitative estimate of drug-likeness (QED) is 0.885. The van der Waals surface area contributed by atoms with E-state index in [1.807, 2.05) is 14.0 Å². The Morgan fingerprint density at radius 1 is 1.30 bits per heavy atom. The molecule has 0 bridgehead atoms. The summed E-state index contributed by atoms with van der Waals surface area (Å²) in [6.07, 6.45) is 5.06. The monoisotopic (exact) mass is 336 g/mol. The number of halogens is 2. The molecule has 1 saturated carbocycles. The Bertz CT molecular complexity index is 707. The Morgan fingerprint density at radius 3 is 2.65 bits per heavy atom. The molecule has 1 aliphatic carbocycles. The van der Waals surface area contributed by atoms with Crippen LogP contribution in [0.5, 0.6) is 0 Å². The smallest absolute Gasteiger partial charge is 0.124 e. The zero-order valence-electron chi connectivity index (χ0n) is 13.5. The number of aryl methyl sites for hydroxylation is 2. The highest BCUT2D eigenvalue weighted by atomic mass is 35.5. The molecule has 2 aromatic rings. The van der Waals surface area contributed by atoms with Crippen LogP contribution >= 0.6 is 11.6 Å². The molecule has 1 aromatic heterocycles. The second kappa shape index (κ2) is 6.62. The van der Waals surface area contributed by atoms with Crippen molar-refractivity contribution in [3.63, 3.8) is 0 Å². The van der Waals surface area contributed by atoms with Gasteiger partial charge in [0.1, 0.15) is 11.9 Å². The van der Waals surface area contributed by atoms with Gasteiger partial charge in [0.25, 0.3) is 0 Å². The van der Waals surface area contributed by atoms with Gasteiger partial charge in [0.15, 0.2) is 0 Å². The van der Waals surface area contributed by atoms with Crippen molar-refractivity contribution in [3.05, 3.63) is 51.6 Å². The van der Waals surface area contributed by atoms with E-state index in [1.165, 1.54) is 31.4 Å². The van der Waals surface area contributed by atoms with Crippen LogP contribution in [0.15, 0.2) is 18.2 Å². The van der Waals surface area contributed by atoms with Crippen molar-refractivity contribution in [2.24, 2.45) is 7.05 Å². The predicted octanol–water partition coefficient (Wildman–Crippen LogP) is 4.65. The zero-order chi connectivity index (χ0) is 16.6. The van der Waals surface area contributed by atoms with Crippen LogP contribution in [0.25, 0.3) is 0 Å². The predicted molar refractivity (Wildman–Crippen MR) is 89.2 cm³/mol. The Kier molecular flexibility index (Phi) is 4.74. The maximum absolute atomic E-state index is 13.3. The summed E-state index contributed by atoms with van der Waals surface area (Å²) in [4.78, 5) is 0. The van der Waals surface area contributed by atoms with Crippen LogP contribution in [0.2, 0.25) is 5.02 Å². The molecule has 1 heterocycles. The Balaban J connectivity index is 2.04. The first-order valence-corrected chi connectivity index (χ1v) is 8.53. The number of nitrogens with zero attached hydrogens (tertiary/aromatic N) is 2. The summed E-state index contributed by atoms with van der Waals surface area (Å²) in [7, 11) is 1.84. The molecule has 0 radical (unpaired) electrons. The highest BCUT2D eigenvalue weighted by Crippen LogP contribution is 2.40. The van der Waals surface area contributed by atoms with Crippen LogP contribution in [0.3, 0.4) is 0 Å². The summed E-state index contributed by atoms with van der Waals surface area (Å²) in [6.45, 7) is 1.99. The third kappa shape index (κ3) is 3.15. The van der Waals surface area contributed by atoms with Gasteiger partial charge < -0.3 is 5.11 Å². The Labute approximate surface area is 141 Å². The number of hydrogen-bond acceptors (Lipinski definition) is 2. The molecule has 1 aromatic carbocycles. The van der Waals surface area contributed by atoms with Crippen molar-refractivity contribution in [3.8, 4) is 0 Å². The summed E-state index contributed by atoms with van der Waals surface area (Å²) in [5, 5.41) is 15.7. The van der Waals surface area contributed by atoms with Gasteiger partial charge in [-0.1, -0.05) is 36.9 Å². The average Bonchev–Trinajstić information content (AvgIpc) is 2.82. The molecule has 3 rings (SSSR count). The molecule has 124 valence electrons. The van der Waals surface area contributed by atoms with E-state index in [0.29, 0.717) is 11.5 Å². The van der Waals surface area contributed by atoms with Crippen molar-refractivity contribution < 1.29 is 9.50 Å². The molecule has 1 unspecified atom stereocenters. The van der Waals surface area contributed by atoms with Crippen molar-refractivity contribution >= 4 is 11.6 Å². The summed E-state index contributed by atoms with van der Waals surface area (Å²) in [5.74, 6) is 0.0287. The number of aliphatic hydroxyl groups excluding tert-OH is 1. The highest BCUT2D eigenvalue weighted by Gasteiger charge is 2.29. The molecule has 23 heavy (non-hydrogen) atoms. The van der Waals surface area contributed by atoms with Crippen LogP contribution in [0, 0.1) is 12.7 Å². The summed E-state index contributed by atoms with van der Waals surface area (Å²) in [5.41, 5.74) is 3.41. The van der Waals surface area contributed by atoms with Crippen molar-refractivity contribution in [2.75, 3.05) is 0 Å². The fourth-order valence-corrected chi connectivity index (χ4v) is 4.05. The maximum atomic E-state index is 13.3. The minimum absolute atomic E-state index is 0.242. The Morgan fingerprint density at radius 2 is 2.00 bits per heavy atom. The van der Waals surface area contributed by atoms with Gasteiger partial charge in [-0.15, -0.1) is 0 Å². The molecule has 1 atom stereocenters. The van der Waals surface area contributed by atoms with Crippen molar-refractivity contribution in [1.29, 1.82) is 0 Å². The minimum atomic E-state index is -0.897. The van der Waals surface area contributed by atoms with Crippen LogP contribution < -0.4 is 0 Å². The van der Waals surface area contributed by atoms with Gasteiger partial charge in [0.05, 0.1) is 11.4 Å². The molecular formula is C18H22ClFN2O. The molecular weight excluding hydrogens is 315 g/mol. The van der Waals surface area contributed by atoms with E-state index >= 15 is 0 Å². The van der Waals surface area contributed by atoms with Crippen molar-refractivity contribution in [2.45, 2.75) is 51.0 Å². The lowest BCUT2D eigenvalue weighted by molar-refractivity contribution is 0.207. The van der Waals surface area contributed by atoms with Crippen LogP contribution in [0.1, 0.15) is 66.6 Å². The number of benzene rings is 1. The fourth-order valence-electron chi connectivity index (χ4n) is 3.78. The summed E-state index contributed by atoms with van der Waals surface area (Å²) in [6, 6.07) is 4.12. The molecule has 0 saturated heterocycles. The SMILES string of the molecule is Cc1nn(C)c(C(O)c2ccc(F)cc2Cl)c1C1CCCCC1. The van der Waals surface area contributed by atoms with E-state index in [-0.39, 0.29) is 5.02 Å². The van der Waals surface area contributed by atoms with Gasteiger partial charge in [-0.3, -0.25) is 4.68 Å². The van der Waals surface area contributed by atoms with E-state index in [9.17, 15) is 9.50 Å². The second-order valence-electron chi connectivity index (χ2n) is 6.41. The largest absolute Gasteiger partial charge is 0.382 e. The Hall–Kier alpha value is -1.39. The van der Waals surface area contributed by atoms with Crippen LogP contribution in [-0.2, 0) is 7.05 Å². The third-order valence-corrected chi connectivity index (χ3v) is 5.17. The van der Waals surface area contributed by atoms with Gasteiger partial charge >= 0.3 is 0 Å². The third-order valence-electron chi connectivity index (χ3n) is 4.84. The van der Waals surface area contributed by atoms with E-state index in [4.69, 9.17) is 11.6 Å². The van der Waals surface area contributed by atoms with Crippen LogP contribution in [0.4, 0.5) is 4.39 Å². The molecule has 0 spiro atoms. The zero-order valence-corrected chi connectivity index (χ0v) is 14.3. The number of aromatic nitrogens is 2. The van der Waals surface area contributed by atoms with Gasteiger partial charge in [-0.2, -0.15) is 5.10 Å². The first-order chi connectivity index (χ1) is 11.0. The molecule has 1 N–H and O–H groups in total. The normalized spacial score (nSPS) is 17.4. The number of rotatable bonds is 3. The fraction of sp³-hybridized carbons (Fsp3) is 0.500. The first-order valence-electron chi connectivity index (χ1n) is 8.15. The number of hydrogen-bond donors (Lipinski definition) is 1. The standard InChI is InChI=1S/C18H22ClFN2O/c1-11-16(12-6-4-3-5-7-12)17(22(2)21-11)18(23)14-9-8-13(20)10-15(14)19/h8-10,12,18,23H,3-7H2,1-2H3. The number of aliphatic hydroxyl groups is 1. The van der Waals surface area contributed by atoms with Crippen molar-refractivity contribution in [1.82, 2.24) is 9.78 Å². The lowest BCUT2D eigenvalue weighted by Crippen LogP contribution is -2.13. The molecule has 0 amide bonds. The van der Waals surface area contributed by atoms with Gasteiger partial charge in [0, 0.05) is 23.2 Å². The van der Waals surface area contributed by atoms with Crippen LogP contribution in [-0.4, -0.2) is 14.9 Å². The van der Waals surface area contributed by atoms with E-state index in [1.54, 1.807) is 10.7 Å². The van der Waals surface area contributed by atoms with E-state index in [2.05, 4.69) is 5.10 Å². The average molecular weight is 337 g/mol. The van der Waals surface area contributed by atoms with E-state index in [0.717, 1.165) is 29.8 Å². The molecule has 3 nitrogen and oxygen atoms in total. The maximum Gasteiger partial charge on any atom is 0.124 e. The molecule has 5 heteroatoms.